The highest BCUT2D eigenvalue weighted by atomic mass is 79.9. The van der Waals surface area contributed by atoms with Crippen LogP contribution in [0, 0.1) is 5.82 Å². The zero-order valence-electron chi connectivity index (χ0n) is 8.87. The Labute approximate surface area is 105 Å². The van der Waals surface area contributed by atoms with E-state index in [-0.39, 0.29) is 0 Å². The molecule has 92 valence electrons. The van der Waals surface area contributed by atoms with Gasteiger partial charge in [-0.2, -0.15) is 0 Å². The van der Waals surface area contributed by atoms with Gasteiger partial charge in [0.1, 0.15) is 11.6 Å². The van der Waals surface area contributed by atoms with Crippen LogP contribution in [-0.2, 0) is 4.79 Å². The topological polar surface area (TPSA) is 81.4 Å². The van der Waals surface area contributed by atoms with Crippen LogP contribution in [0.15, 0.2) is 22.7 Å². The predicted molar refractivity (Wildman–Crippen MR) is 61.9 cm³/mol. The van der Waals surface area contributed by atoms with Gasteiger partial charge >= 0.3 is 6.03 Å². The van der Waals surface area contributed by atoms with E-state index in [9.17, 15) is 14.0 Å². The molecule has 1 rings (SSSR count). The molecule has 0 saturated heterocycles. The Morgan fingerprint density at radius 2 is 2.18 bits per heavy atom. The molecule has 0 aromatic heterocycles. The van der Waals surface area contributed by atoms with Crippen molar-refractivity contribution in [3.8, 4) is 5.75 Å². The lowest BCUT2D eigenvalue weighted by atomic mass is 10.3. The van der Waals surface area contributed by atoms with Crippen molar-refractivity contribution in [2.24, 2.45) is 5.73 Å². The summed E-state index contributed by atoms with van der Waals surface area (Å²) in [5.41, 5.74) is 4.79. The highest BCUT2D eigenvalue weighted by Gasteiger charge is 2.17. The molecule has 3 amide bonds. The molecule has 0 aliphatic rings. The van der Waals surface area contributed by atoms with E-state index in [1.807, 2.05) is 5.32 Å². The quantitative estimate of drug-likeness (QED) is 0.889. The molecule has 0 radical (unpaired) electrons. The van der Waals surface area contributed by atoms with Crippen LogP contribution in [0.2, 0.25) is 0 Å². The van der Waals surface area contributed by atoms with Crippen LogP contribution in [0.25, 0.3) is 0 Å². The van der Waals surface area contributed by atoms with Gasteiger partial charge in [0.2, 0.25) is 0 Å². The van der Waals surface area contributed by atoms with Gasteiger partial charge in [-0.25, -0.2) is 9.18 Å². The van der Waals surface area contributed by atoms with E-state index in [0.717, 1.165) is 0 Å². The largest absolute Gasteiger partial charge is 0.480 e. The van der Waals surface area contributed by atoms with Crippen LogP contribution in [0.1, 0.15) is 6.92 Å². The molecule has 0 unspecified atom stereocenters. The fourth-order valence-electron chi connectivity index (χ4n) is 1.04. The summed E-state index contributed by atoms with van der Waals surface area (Å²) in [5.74, 6) is -0.814. The van der Waals surface area contributed by atoms with Crippen LogP contribution < -0.4 is 15.8 Å². The molecule has 0 heterocycles. The molecular formula is C10H10BrFN2O3. The van der Waals surface area contributed by atoms with Crippen molar-refractivity contribution in [3.05, 3.63) is 28.5 Å². The molecular weight excluding hydrogens is 295 g/mol. The van der Waals surface area contributed by atoms with Crippen LogP contribution >= 0.6 is 15.9 Å². The van der Waals surface area contributed by atoms with Crippen molar-refractivity contribution in [1.82, 2.24) is 5.32 Å². The number of benzene rings is 1. The number of hydrogen-bond donors (Lipinski definition) is 2. The second-order valence-corrected chi connectivity index (χ2v) is 4.04. The zero-order chi connectivity index (χ0) is 13.0. The van der Waals surface area contributed by atoms with Gasteiger partial charge in [0, 0.05) is 0 Å². The Morgan fingerprint density at radius 1 is 1.53 bits per heavy atom. The van der Waals surface area contributed by atoms with Gasteiger partial charge < -0.3 is 10.5 Å². The second kappa shape index (κ2) is 5.62. The number of urea groups is 1. The van der Waals surface area contributed by atoms with Gasteiger partial charge in [-0.05, 0) is 41.1 Å². The summed E-state index contributed by atoms with van der Waals surface area (Å²) in [7, 11) is 0. The number of carbonyl (C=O) groups excluding carboxylic acids is 2. The van der Waals surface area contributed by atoms with Crippen molar-refractivity contribution in [1.29, 1.82) is 0 Å². The average molecular weight is 305 g/mol. The SMILES string of the molecule is C[C@H](Oc1ccc(F)cc1Br)C(=O)NC(N)=O. The van der Waals surface area contributed by atoms with Crippen LogP contribution in [0.4, 0.5) is 9.18 Å². The minimum absolute atomic E-state index is 0.290. The molecule has 0 aliphatic carbocycles. The maximum absolute atomic E-state index is 12.8. The van der Waals surface area contributed by atoms with Gasteiger partial charge in [0.15, 0.2) is 6.10 Å². The molecule has 3 N–H and O–H groups in total. The first-order valence-electron chi connectivity index (χ1n) is 4.62. The Hall–Kier alpha value is -1.63. The number of hydrogen-bond acceptors (Lipinski definition) is 3. The highest BCUT2D eigenvalue weighted by Crippen LogP contribution is 2.26. The third-order valence-electron chi connectivity index (χ3n) is 1.81. The maximum atomic E-state index is 12.8. The third-order valence-corrected chi connectivity index (χ3v) is 2.43. The number of nitrogens with one attached hydrogen (secondary N) is 1. The first-order valence-corrected chi connectivity index (χ1v) is 5.41. The minimum atomic E-state index is -0.955. The smallest absolute Gasteiger partial charge is 0.318 e. The van der Waals surface area contributed by atoms with Gasteiger partial charge in [-0.3, -0.25) is 10.1 Å². The first kappa shape index (κ1) is 13.4. The predicted octanol–water partition coefficient (Wildman–Crippen LogP) is 1.55. The maximum Gasteiger partial charge on any atom is 0.318 e. The molecule has 0 spiro atoms. The average Bonchev–Trinajstić information content (AvgIpc) is 2.21. The molecule has 1 atom stereocenters. The van der Waals surface area contributed by atoms with Gasteiger partial charge in [-0.15, -0.1) is 0 Å². The number of imide groups is 1. The molecule has 0 aliphatic heterocycles. The monoisotopic (exact) mass is 304 g/mol. The van der Waals surface area contributed by atoms with Gasteiger partial charge in [-0.1, -0.05) is 0 Å². The molecule has 0 fully saturated rings. The van der Waals surface area contributed by atoms with Crippen molar-refractivity contribution in [2.75, 3.05) is 0 Å². The van der Waals surface area contributed by atoms with E-state index < -0.39 is 23.9 Å². The molecule has 17 heavy (non-hydrogen) atoms. The van der Waals surface area contributed by atoms with Crippen LogP contribution in [-0.4, -0.2) is 18.0 Å². The molecule has 0 saturated carbocycles. The molecule has 1 aromatic carbocycles. The van der Waals surface area contributed by atoms with Crippen molar-refractivity contribution in [3.63, 3.8) is 0 Å². The zero-order valence-corrected chi connectivity index (χ0v) is 10.5. The molecule has 5 nitrogen and oxygen atoms in total. The summed E-state index contributed by atoms with van der Waals surface area (Å²) in [6.45, 7) is 1.44. The first-order chi connectivity index (χ1) is 7.90. The summed E-state index contributed by atoms with van der Waals surface area (Å²) in [4.78, 5) is 21.8. The van der Waals surface area contributed by atoms with Gasteiger partial charge in [0.25, 0.3) is 5.91 Å². The van der Waals surface area contributed by atoms with Crippen molar-refractivity contribution < 1.29 is 18.7 Å². The Kier molecular flexibility index (Phi) is 4.45. The highest BCUT2D eigenvalue weighted by molar-refractivity contribution is 9.10. The van der Waals surface area contributed by atoms with E-state index in [4.69, 9.17) is 10.5 Å². The molecule has 0 bridgehead atoms. The number of amides is 3. The van der Waals surface area contributed by atoms with E-state index in [0.29, 0.717) is 10.2 Å². The number of nitrogens with two attached hydrogens (primary N) is 1. The Bertz CT molecular complexity index is 453. The lowest BCUT2D eigenvalue weighted by molar-refractivity contribution is -0.126. The Morgan fingerprint density at radius 3 is 2.71 bits per heavy atom. The van der Waals surface area contributed by atoms with Gasteiger partial charge in [0.05, 0.1) is 4.47 Å². The minimum Gasteiger partial charge on any atom is -0.480 e. The summed E-state index contributed by atoms with van der Waals surface area (Å²) < 4.78 is 18.4. The summed E-state index contributed by atoms with van der Waals surface area (Å²) in [5, 5.41) is 1.88. The fraction of sp³-hybridized carbons (Fsp3) is 0.200. The number of halogens is 2. The number of primary amides is 1. The second-order valence-electron chi connectivity index (χ2n) is 3.19. The van der Waals surface area contributed by atoms with Crippen LogP contribution in [0.3, 0.4) is 0 Å². The number of rotatable bonds is 3. The van der Waals surface area contributed by atoms with E-state index in [2.05, 4.69) is 15.9 Å². The van der Waals surface area contributed by atoms with Crippen molar-refractivity contribution >= 4 is 27.9 Å². The fourth-order valence-corrected chi connectivity index (χ4v) is 1.48. The third kappa shape index (κ3) is 4.03. The number of carbonyl (C=O) groups is 2. The summed E-state index contributed by atoms with van der Waals surface area (Å²) in [6, 6.07) is 2.81. The molecule has 7 heteroatoms. The summed E-state index contributed by atoms with van der Waals surface area (Å²) in [6.07, 6.45) is -0.927. The number of ether oxygens (including phenoxy) is 1. The lowest BCUT2D eigenvalue weighted by Gasteiger charge is -2.14. The normalized spacial score (nSPS) is 11.7. The Balaban J connectivity index is 2.70. The standard InChI is InChI=1S/C10H10BrFN2O3/c1-5(9(15)14-10(13)16)17-8-3-2-6(12)4-7(8)11/h2-5H,1H3,(H3,13,14,15,16)/t5-/m0/s1. The molecule has 1 aromatic rings. The van der Waals surface area contributed by atoms with E-state index in [1.165, 1.54) is 25.1 Å². The lowest BCUT2D eigenvalue weighted by Crippen LogP contribution is -2.42. The summed E-state index contributed by atoms with van der Waals surface area (Å²) >= 11 is 3.09. The van der Waals surface area contributed by atoms with Crippen molar-refractivity contribution in [2.45, 2.75) is 13.0 Å². The van der Waals surface area contributed by atoms with E-state index >= 15 is 0 Å². The van der Waals surface area contributed by atoms with Crippen LogP contribution in [0.5, 0.6) is 5.75 Å². The van der Waals surface area contributed by atoms with E-state index in [1.54, 1.807) is 0 Å².